The summed E-state index contributed by atoms with van der Waals surface area (Å²) in [5, 5.41) is 3.53. The molecule has 0 spiro atoms. The van der Waals surface area contributed by atoms with Crippen LogP contribution in [0.4, 0.5) is 0 Å². The van der Waals surface area contributed by atoms with Gasteiger partial charge in [-0.05, 0) is 45.0 Å². The number of benzene rings is 1. The van der Waals surface area contributed by atoms with Crippen LogP contribution in [0.5, 0.6) is 0 Å². The fraction of sp³-hybridized carbons (Fsp3) is 0.385. The van der Waals surface area contributed by atoms with E-state index in [1.165, 1.54) is 11.8 Å². The van der Waals surface area contributed by atoms with E-state index in [1.54, 1.807) is 24.3 Å². The molecule has 0 saturated carbocycles. The molecule has 0 bridgehead atoms. The van der Waals surface area contributed by atoms with Crippen molar-refractivity contribution < 1.29 is 4.79 Å². The van der Waals surface area contributed by atoms with E-state index in [1.807, 2.05) is 20.8 Å². The van der Waals surface area contributed by atoms with E-state index < -0.39 is 0 Å². The Balaban J connectivity index is 2.61. The van der Waals surface area contributed by atoms with Gasteiger partial charge in [-0.3, -0.25) is 4.79 Å². The molecule has 1 aromatic rings. The lowest BCUT2D eigenvalue weighted by molar-refractivity contribution is 0.0994. The standard InChI is InChI=1S/C13H16ClNOS2/c1-8(2)15-13(17)18-9(3)12(16)10-4-6-11(14)7-5-10/h4-9H,1-3H3,(H,15,17). The molecule has 1 rings (SSSR count). The minimum Gasteiger partial charge on any atom is -0.369 e. The van der Waals surface area contributed by atoms with Gasteiger partial charge in [0.25, 0.3) is 0 Å². The molecular formula is C13H16ClNOS2. The van der Waals surface area contributed by atoms with Crippen LogP contribution in [0.2, 0.25) is 5.02 Å². The van der Waals surface area contributed by atoms with E-state index in [0.29, 0.717) is 14.9 Å². The SMILES string of the molecule is CC(C)NC(=S)SC(C)C(=O)c1ccc(Cl)cc1. The summed E-state index contributed by atoms with van der Waals surface area (Å²) in [7, 11) is 0. The summed E-state index contributed by atoms with van der Waals surface area (Å²) in [5.41, 5.74) is 0.659. The Hall–Kier alpha value is -0.580. The van der Waals surface area contributed by atoms with Crippen molar-refractivity contribution in [1.29, 1.82) is 0 Å². The van der Waals surface area contributed by atoms with Gasteiger partial charge >= 0.3 is 0 Å². The van der Waals surface area contributed by atoms with E-state index in [0.717, 1.165) is 0 Å². The molecule has 18 heavy (non-hydrogen) atoms. The quantitative estimate of drug-likeness (QED) is 0.674. The van der Waals surface area contributed by atoms with E-state index in [4.69, 9.17) is 23.8 Å². The normalized spacial score (nSPS) is 12.3. The number of hydrogen-bond donors (Lipinski definition) is 1. The molecule has 0 fully saturated rings. The molecule has 1 atom stereocenters. The third kappa shape index (κ3) is 4.96. The van der Waals surface area contributed by atoms with Crippen LogP contribution < -0.4 is 5.32 Å². The summed E-state index contributed by atoms with van der Waals surface area (Å²) in [6.07, 6.45) is 0. The molecule has 1 N–H and O–H groups in total. The predicted molar refractivity (Wildman–Crippen MR) is 83.7 cm³/mol. The number of halogens is 1. The minimum atomic E-state index is -0.204. The van der Waals surface area contributed by atoms with Gasteiger partial charge in [0.05, 0.1) is 5.25 Å². The fourth-order valence-electron chi connectivity index (χ4n) is 1.33. The van der Waals surface area contributed by atoms with Crippen LogP contribution in [0.3, 0.4) is 0 Å². The Morgan fingerprint density at radius 3 is 2.33 bits per heavy atom. The molecule has 98 valence electrons. The lowest BCUT2D eigenvalue weighted by Crippen LogP contribution is -2.29. The predicted octanol–water partition coefficient (Wildman–Crippen LogP) is 3.93. The number of nitrogens with one attached hydrogen (secondary N) is 1. The smallest absolute Gasteiger partial charge is 0.175 e. The van der Waals surface area contributed by atoms with Gasteiger partial charge in [0.1, 0.15) is 4.32 Å². The highest BCUT2D eigenvalue weighted by Gasteiger charge is 2.17. The number of Topliss-reactive ketones (excluding diaryl/α,β-unsaturated/α-hetero) is 1. The Labute approximate surface area is 122 Å². The van der Waals surface area contributed by atoms with Gasteiger partial charge in [-0.15, -0.1) is 0 Å². The topological polar surface area (TPSA) is 29.1 Å². The fourth-order valence-corrected chi connectivity index (χ4v) is 3.00. The molecule has 0 aromatic heterocycles. The van der Waals surface area contributed by atoms with Crippen molar-refractivity contribution in [3.8, 4) is 0 Å². The van der Waals surface area contributed by atoms with Crippen LogP contribution in [-0.2, 0) is 0 Å². The maximum Gasteiger partial charge on any atom is 0.175 e. The summed E-state index contributed by atoms with van der Waals surface area (Å²) >= 11 is 12.3. The summed E-state index contributed by atoms with van der Waals surface area (Å²) in [5.74, 6) is 0.0598. The first-order valence-electron chi connectivity index (χ1n) is 5.67. The molecule has 1 unspecified atom stereocenters. The second-order valence-corrected chi connectivity index (χ2v) is 6.67. The molecule has 0 amide bonds. The van der Waals surface area contributed by atoms with Gasteiger partial charge < -0.3 is 5.32 Å². The maximum atomic E-state index is 12.1. The first-order valence-corrected chi connectivity index (χ1v) is 7.33. The van der Waals surface area contributed by atoms with Gasteiger partial charge in [0.2, 0.25) is 0 Å². The van der Waals surface area contributed by atoms with Gasteiger partial charge in [-0.2, -0.15) is 0 Å². The lowest BCUT2D eigenvalue weighted by Gasteiger charge is -2.14. The number of carbonyl (C=O) groups excluding carboxylic acids is 1. The molecule has 0 heterocycles. The highest BCUT2D eigenvalue weighted by Crippen LogP contribution is 2.19. The van der Waals surface area contributed by atoms with Crippen molar-refractivity contribution in [1.82, 2.24) is 5.32 Å². The Kier molecular flexibility index (Phi) is 6.12. The molecule has 5 heteroatoms. The average molecular weight is 302 g/mol. The molecule has 0 aliphatic heterocycles. The molecule has 0 radical (unpaired) electrons. The van der Waals surface area contributed by atoms with Crippen LogP contribution in [-0.4, -0.2) is 21.4 Å². The van der Waals surface area contributed by atoms with Gasteiger partial charge in [0, 0.05) is 16.6 Å². The highest BCUT2D eigenvalue weighted by molar-refractivity contribution is 8.23. The van der Waals surface area contributed by atoms with Crippen LogP contribution in [0, 0.1) is 0 Å². The summed E-state index contributed by atoms with van der Waals surface area (Å²) < 4.78 is 0.653. The number of thiocarbonyl (C=S) groups is 1. The van der Waals surface area contributed by atoms with Crippen molar-refractivity contribution in [3.63, 3.8) is 0 Å². The van der Waals surface area contributed by atoms with Crippen molar-refractivity contribution in [2.45, 2.75) is 32.1 Å². The Morgan fingerprint density at radius 1 is 1.28 bits per heavy atom. The lowest BCUT2D eigenvalue weighted by atomic mass is 10.1. The zero-order valence-corrected chi connectivity index (χ0v) is 13.0. The Morgan fingerprint density at radius 2 is 1.83 bits per heavy atom. The third-order valence-electron chi connectivity index (χ3n) is 2.19. The highest BCUT2D eigenvalue weighted by atomic mass is 35.5. The first kappa shape index (κ1) is 15.5. The number of hydrogen-bond acceptors (Lipinski definition) is 3. The molecule has 0 aliphatic rings. The van der Waals surface area contributed by atoms with Crippen LogP contribution in [0.15, 0.2) is 24.3 Å². The summed E-state index contributed by atoms with van der Waals surface area (Å²) in [6, 6.07) is 7.19. The first-order chi connectivity index (χ1) is 8.40. The molecule has 0 aliphatic carbocycles. The van der Waals surface area contributed by atoms with E-state index in [-0.39, 0.29) is 17.1 Å². The van der Waals surface area contributed by atoms with E-state index in [2.05, 4.69) is 5.32 Å². The number of rotatable bonds is 4. The minimum absolute atomic E-state index is 0.0598. The van der Waals surface area contributed by atoms with Gasteiger partial charge in [-0.25, -0.2) is 0 Å². The number of carbonyl (C=O) groups is 1. The molecule has 1 aromatic carbocycles. The monoisotopic (exact) mass is 301 g/mol. The van der Waals surface area contributed by atoms with E-state index >= 15 is 0 Å². The molecular weight excluding hydrogens is 286 g/mol. The zero-order valence-electron chi connectivity index (χ0n) is 10.6. The van der Waals surface area contributed by atoms with E-state index in [9.17, 15) is 4.79 Å². The third-order valence-corrected chi connectivity index (χ3v) is 3.75. The van der Waals surface area contributed by atoms with Crippen molar-refractivity contribution in [2.75, 3.05) is 0 Å². The van der Waals surface area contributed by atoms with Gasteiger partial charge in [-0.1, -0.05) is 35.6 Å². The zero-order chi connectivity index (χ0) is 13.7. The number of ketones is 1. The largest absolute Gasteiger partial charge is 0.369 e. The molecule has 2 nitrogen and oxygen atoms in total. The van der Waals surface area contributed by atoms with Crippen LogP contribution in [0.25, 0.3) is 0 Å². The van der Waals surface area contributed by atoms with Crippen molar-refractivity contribution >= 4 is 45.7 Å². The number of thioether (sulfide) groups is 1. The molecule has 0 saturated heterocycles. The summed E-state index contributed by atoms with van der Waals surface area (Å²) in [4.78, 5) is 12.1. The average Bonchev–Trinajstić information content (AvgIpc) is 2.27. The maximum absolute atomic E-state index is 12.1. The second kappa shape index (κ2) is 7.12. The van der Waals surface area contributed by atoms with Crippen LogP contribution in [0.1, 0.15) is 31.1 Å². The second-order valence-electron chi connectivity index (χ2n) is 4.22. The van der Waals surface area contributed by atoms with Gasteiger partial charge in [0.15, 0.2) is 5.78 Å². The summed E-state index contributed by atoms with van der Waals surface area (Å²) in [6.45, 7) is 5.88. The van der Waals surface area contributed by atoms with Crippen molar-refractivity contribution in [2.24, 2.45) is 0 Å². The Bertz CT molecular complexity index is 431. The van der Waals surface area contributed by atoms with Crippen molar-refractivity contribution in [3.05, 3.63) is 34.9 Å². The van der Waals surface area contributed by atoms with Crippen LogP contribution >= 0.6 is 35.6 Å².